The van der Waals surface area contributed by atoms with Gasteiger partial charge in [-0.05, 0) is 69.9 Å². The molecule has 6 nitrogen and oxygen atoms in total. The van der Waals surface area contributed by atoms with Crippen molar-refractivity contribution in [3.05, 3.63) is 52.3 Å². The molecule has 0 bridgehead atoms. The van der Waals surface area contributed by atoms with E-state index in [4.69, 9.17) is 16.3 Å². The Morgan fingerprint density at radius 1 is 1.03 bits per heavy atom. The molecular formula is C22H26ClN3O3. The highest BCUT2D eigenvalue weighted by Crippen LogP contribution is 2.23. The molecule has 2 aromatic rings. The van der Waals surface area contributed by atoms with Gasteiger partial charge in [-0.2, -0.15) is 0 Å². The van der Waals surface area contributed by atoms with Gasteiger partial charge in [-0.1, -0.05) is 11.6 Å². The number of aryl methyl sites for hydroxylation is 2. The van der Waals surface area contributed by atoms with Crippen LogP contribution in [0.2, 0.25) is 5.02 Å². The maximum atomic E-state index is 12.2. The predicted octanol–water partition coefficient (Wildman–Crippen LogP) is 4.22. The molecule has 1 fully saturated rings. The predicted molar refractivity (Wildman–Crippen MR) is 111 cm³/mol. The normalized spacial score (nSPS) is 18.9. The van der Waals surface area contributed by atoms with Crippen LogP contribution in [0.15, 0.2) is 30.3 Å². The van der Waals surface area contributed by atoms with E-state index in [1.807, 2.05) is 19.9 Å². The van der Waals surface area contributed by atoms with E-state index in [1.54, 1.807) is 24.3 Å². The summed E-state index contributed by atoms with van der Waals surface area (Å²) in [7, 11) is 0. The molecule has 1 aliphatic carbocycles. The van der Waals surface area contributed by atoms with E-state index in [1.165, 1.54) is 0 Å². The number of carbonyl (C=O) groups is 2. The number of hydrogen-bond acceptors (Lipinski definition) is 5. The molecule has 1 aliphatic rings. The number of aromatic nitrogens is 2. The quantitative estimate of drug-likeness (QED) is 0.685. The average molecular weight is 416 g/mol. The van der Waals surface area contributed by atoms with Gasteiger partial charge in [-0.15, -0.1) is 0 Å². The number of halogens is 1. The Hall–Kier alpha value is -2.47. The average Bonchev–Trinajstić information content (AvgIpc) is 2.67. The first-order chi connectivity index (χ1) is 13.9. The largest absolute Gasteiger partial charge is 0.460 e. The zero-order chi connectivity index (χ0) is 20.8. The molecule has 0 aliphatic heterocycles. The van der Waals surface area contributed by atoms with Crippen LogP contribution in [-0.4, -0.2) is 33.8 Å². The van der Waals surface area contributed by atoms with Gasteiger partial charge >= 0.3 is 6.01 Å². The lowest BCUT2D eigenvalue weighted by atomic mass is 9.93. The van der Waals surface area contributed by atoms with Gasteiger partial charge in [0, 0.05) is 40.9 Å². The molecule has 1 aromatic carbocycles. The van der Waals surface area contributed by atoms with Gasteiger partial charge in [0.05, 0.1) is 0 Å². The second-order valence-electron chi connectivity index (χ2n) is 7.52. The topological polar surface area (TPSA) is 81.2 Å². The molecule has 154 valence electrons. The van der Waals surface area contributed by atoms with Crippen molar-refractivity contribution in [1.82, 2.24) is 15.3 Å². The van der Waals surface area contributed by atoms with Gasteiger partial charge in [-0.25, -0.2) is 9.97 Å². The highest BCUT2D eigenvalue weighted by Gasteiger charge is 2.24. The minimum absolute atomic E-state index is 0.0534. The van der Waals surface area contributed by atoms with Crippen LogP contribution in [0, 0.1) is 13.8 Å². The number of ether oxygens (including phenoxy) is 1. The number of ketones is 1. The fourth-order valence-electron chi connectivity index (χ4n) is 3.53. The fraction of sp³-hybridized carbons (Fsp3) is 0.455. The van der Waals surface area contributed by atoms with Crippen molar-refractivity contribution in [3.63, 3.8) is 0 Å². The third kappa shape index (κ3) is 6.53. The van der Waals surface area contributed by atoms with E-state index in [2.05, 4.69) is 15.3 Å². The van der Waals surface area contributed by atoms with Crippen molar-refractivity contribution in [2.75, 3.05) is 0 Å². The first-order valence-electron chi connectivity index (χ1n) is 9.96. The van der Waals surface area contributed by atoms with Gasteiger partial charge in [-0.3, -0.25) is 9.59 Å². The number of nitrogens with zero attached hydrogens (tertiary/aromatic N) is 2. The highest BCUT2D eigenvalue weighted by molar-refractivity contribution is 6.30. The Kier molecular flexibility index (Phi) is 7.20. The van der Waals surface area contributed by atoms with Crippen molar-refractivity contribution >= 4 is 23.3 Å². The number of carbonyl (C=O) groups excluding carboxylic acids is 2. The molecule has 0 radical (unpaired) electrons. The van der Waals surface area contributed by atoms with Crippen molar-refractivity contribution in [2.45, 2.75) is 64.5 Å². The van der Waals surface area contributed by atoms with E-state index < -0.39 is 0 Å². The molecular weight excluding hydrogens is 390 g/mol. The minimum atomic E-state index is -0.0886. The van der Waals surface area contributed by atoms with Crippen LogP contribution in [-0.2, 0) is 4.79 Å². The molecule has 3 rings (SSSR count). The maximum absolute atomic E-state index is 12.2. The summed E-state index contributed by atoms with van der Waals surface area (Å²) in [4.78, 5) is 33.0. The number of Topliss-reactive ketones (excluding diaryl/α,β-unsaturated/α-hetero) is 1. The van der Waals surface area contributed by atoms with Gasteiger partial charge in [0.2, 0.25) is 5.91 Å². The van der Waals surface area contributed by atoms with E-state index in [0.29, 0.717) is 16.6 Å². The Bertz CT molecular complexity index is 842. The molecule has 0 atom stereocenters. The number of hydrogen-bond donors (Lipinski definition) is 1. The Morgan fingerprint density at radius 2 is 1.66 bits per heavy atom. The summed E-state index contributed by atoms with van der Waals surface area (Å²) >= 11 is 5.83. The lowest BCUT2D eigenvalue weighted by Crippen LogP contribution is -2.39. The van der Waals surface area contributed by atoms with Crippen LogP contribution in [0.3, 0.4) is 0 Å². The molecule has 0 spiro atoms. The molecule has 1 amide bonds. The molecule has 0 saturated heterocycles. The lowest BCUT2D eigenvalue weighted by Gasteiger charge is -2.29. The molecule has 7 heteroatoms. The zero-order valence-electron chi connectivity index (χ0n) is 16.8. The molecule has 29 heavy (non-hydrogen) atoms. The van der Waals surface area contributed by atoms with E-state index in [9.17, 15) is 9.59 Å². The van der Waals surface area contributed by atoms with Crippen LogP contribution < -0.4 is 10.1 Å². The zero-order valence-corrected chi connectivity index (χ0v) is 17.5. The van der Waals surface area contributed by atoms with Crippen LogP contribution in [0.5, 0.6) is 6.01 Å². The summed E-state index contributed by atoms with van der Waals surface area (Å²) in [6.45, 7) is 3.84. The van der Waals surface area contributed by atoms with E-state index in [-0.39, 0.29) is 36.7 Å². The van der Waals surface area contributed by atoms with E-state index >= 15 is 0 Å². The molecule has 1 N–H and O–H groups in total. The second-order valence-corrected chi connectivity index (χ2v) is 7.96. The molecule has 1 aromatic heterocycles. The van der Waals surface area contributed by atoms with Gasteiger partial charge in [0.1, 0.15) is 6.10 Å². The number of nitrogens with one attached hydrogen (secondary N) is 1. The van der Waals surface area contributed by atoms with Crippen molar-refractivity contribution in [1.29, 1.82) is 0 Å². The number of amides is 1. The SMILES string of the molecule is Cc1cc(C)nc(OC2CCC(NC(=O)CCC(=O)c3ccc(Cl)cc3)CC2)n1. The van der Waals surface area contributed by atoms with Crippen LogP contribution in [0.4, 0.5) is 0 Å². The summed E-state index contributed by atoms with van der Waals surface area (Å²) < 4.78 is 5.92. The summed E-state index contributed by atoms with van der Waals surface area (Å²) in [6, 6.07) is 9.18. The molecule has 1 heterocycles. The van der Waals surface area contributed by atoms with Crippen molar-refractivity contribution in [3.8, 4) is 6.01 Å². The Labute approximate surface area is 176 Å². The minimum Gasteiger partial charge on any atom is -0.460 e. The molecule has 0 unspecified atom stereocenters. The highest BCUT2D eigenvalue weighted by atomic mass is 35.5. The van der Waals surface area contributed by atoms with Crippen molar-refractivity contribution < 1.29 is 14.3 Å². The number of rotatable bonds is 7. The first kappa shape index (κ1) is 21.2. The third-order valence-corrected chi connectivity index (χ3v) is 5.27. The van der Waals surface area contributed by atoms with Crippen molar-refractivity contribution in [2.24, 2.45) is 0 Å². The Balaban J connectivity index is 1.39. The second kappa shape index (κ2) is 9.83. The smallest absolute Gasteiger partial charge is 0.317 e. The third-order valence-electron chi connectivity index (χ3n) is 5.02. The monoisotopic (exact) mass is 415 g/mol. The molecule has 1 saturated carbocycles. The van der Waals surface area contributed by atoms with Crippen LogP contribution in [0.1, 0.15) is 60.3 Å². The summed E-state index contributed by atoms with van der Waals surface area (Å²) in [5.74, 6) is -0.142. The summed E-state index contributed by atoms with van der Waals surface area (Å²) in [5, 5.41) is 3.62. The standard InChI is InChI=1S/C22H26ClN3O3/c1-14-13-15(2)25-22(24-14)29-19-9-7-18(8-10-19)26-21(28)12-11-20(27)16-3-5-17(23)6-4-16/h3-6,13,18-19H,7-12H2,1-2H3,(H,26,28). The van der Waals surface area contributed by atoms with E-state index in [0.717, 1.165) is 37.1 Å². The maximum Gasteiger partial charge on any atom is 0.317 e. The summed E-state index contributed by atoms with van der Waals surface area (Å²) in [5.41, 5.74) is 2.36. The fourth-order valence-corrected chi connectivity index (χ4v) is 3.65. The summed E-state index contributed by atoms with van der Waals surface area (Å²) in [6.07, 6.45) is 3.80. The first-order valence-corrected chi connectivity index (χ1v) is 10.3. The van der Waals surface area contributed by atoms with Gasteiger partial charge in [0.25, 0.3) is 0 Å². The Morgan fingerprint density at radius 3 is 2.28 bits per heavy atom. The van der Waals surface area contributed by atoms with Crippen LogP contribution in [0.25, 0.3) is 0 Å². The van der Waals surface area contributed by atoms with Gasteiger partial charge in [0.15, 0.2) is 5.78 Å². The lowest BCUT2D eigenvalue weighted by molar-refractivity contribution is -0.122. The number of benzene rings is 1. The van der Waals surface area contributed by atoms with Gasteiger partial charge < -0.3 is 10.1 Å². The van der Waals surface area contributed by atoms with Crippen LogP contribution >= 0.6 is 11.6 Å².